The van der Waals surface area contributed by atoms with Gasteiger partial charge >= 0.3 is 5.97 Å². The lowest BCUT2D eigenvalue weighted by Gasteiger charge is -2.32. The molecule has 1 fully saturated rings. The van der Waals surface area contributed by atoms with E-state index in [2.05, 4.69) is 11.4 Å². The van der Waals surface area contributed by atoms with Gasteiger partial charge in [0.15, 0.2) is 6.10 Å². The molecular weight excluding hydrogens is 380 g/mol. The maximum absolute atomic E-state index is 12.7. The number of hydrogen-bond donors (Lipinski definition) is 1. The average molecular weight is 406 g/mol. The molecule has 0 spiro atoms. The van der Waals surface area contributed by atoms with Crippen LogP contribution in [-0.4, -0.2) is 23.5 Å². The number of carbonyl (C=O) groups excluding carboxylic acids is 2. The van der Waals surface area contributed by atoms with E-state index in [9.17, 15) is 14.9 Å². The van der Waals surface area contributed by atoms with Gasteiger partial charge in [0.2, 0.25) is 0 Å². The second-order valence-electron chi connectivity index (χ2n) is 7.55. The van der Waals surface area contributed by atoms with Crippen LogP contribution in [0.5, 0.6) is 5.75 Å². The van der Waals surface area contributed by atoms with Crippen LogP contribution < -0.4 is 10.1 Å². The maximum atomic E-state index is 12.7. The molecule has 2 aromatic rings. The summed E-state index contributed by atoms with van der Waals surface area (Å²) in [7, 11) is 0. The van der Waals surface area contributed by atoms with E-state index in [-0.39, 0.29) is 6.61 Å². The minimum atomic E-state index is -1.01. The summed E-state index contributed by atoms with van der Waals surface area (Å²) in [6.45, 7) is 1.72. The van der Waals surface area contributed by atoms with E-state index in [0.717, 1.165) is 19.3 Å². The summed E-state index contributed by atoms with van der Waals surface area (Å²) >= 11 is 0. The third kappa shape index (κ3) is 5.38. The van der Waals surface area contributed by atoms with Crippen molar-refractivity contribution >= 4 is 11.9 Å². The van der Waals surface area contributed by atoms with Gasteiger partial charge in [-0.25, -0.2) is 4.79 Å². The molecule has 156 valence electrons. The lowest BCUT2D eigenvalue weighted by Crippen LogP contribution is -2.52. The van der Waals surface area contributed by atoms with Crippen molar-refractivity contribution in [1.29, 1.82) is 5.26 Å². The van der Waals surface area contributed by atoms with Crippen LogP contribution in [0.15, 0.2) is 54.6 Å². The summed E-state index contributed by atoms with van der Waals surface area (Å²) in [4.78, 5) is 25.3. The number of ether oxygens (including phenoxy) is 2. The first-order valence-corrected chi connectivity index (χ1v) is 10.2. The summed E-state index contributed by atoms with van der Waals surface area (Å²) in [5, 5.41) is 12.3. The van der Waals surface area contributed by atoms with E-state index in [0.29, 0.717) is 29.7 Å². The predicted molar refractivity (Wildman–Crippen MR) is 112 cm³/mol. The first kappa shape index (κ1) is 21.4. The minimum absolute atomic E-state index is 0.202. The summed E-state index contributed by atoms with van der Waals surface area (Å²) < 4.78 is 11.1. The number of amides is 1. The SMILES string of the molecule is CC(OC(=O)c1ccccc1COc1ccccc1)C(=O)NC1(C#N)CCCCC1. The molecule has 3 rings (SSSR count). The monoisotopic (exact) mass is 406 g/mol. The van der Waals surface area contributed by atoms with Crippen LogP contribution in [0.25, 0.3) is 0 Å². The number of rotatable bonds is 7. The van der Waals surface area contributed by atoms with Crippen molar-refractivity contribution in [3.8, 4) is 11.8 Å². The Hall–Kier alpha value is -3.33. The zero-order valence-electron chi connectivity index (χ0n) is 17.1. The van der Waals surface area contributed by atoms with Crippen LogP contribution >= 0.6 is 0 Å². The average Bonchev–Trinajstić information content (AvgIpc) is 2.79. The maximum Gasteiger partial charge on any atom is 0.339 e. The summed E-state index contributed by atoms with van der Waals surface area (Å²) in [5.74, 6) is -0.355. The highest BCUT2D eigenvalue weighted by Gasteiger charge is 2.35. The number of para-hydroxylation sites is 1. The molecule has 1 N–H and O–H groups in total. The Balaban J connectivity index is 1.62. The van der Waals surface area contributed by atoms with Gasteiger partial charge in [0.05, 0.1) is 11.6 Å². The van der Waals surface area contributed by atoms with Gasteiger partial charge in [0, 0.05) is 5.56 Å². The van der Waals surface area contributed by atoms with Crippen molar-refractivity contribution < 1.29 is 19.1 Å². The Morgan fingerprint density at radius 1 is 1.07 bits per heavy atom. The number of benzene rings is 2. The van der Waals surface area contributed by atoms with Gasteiger partial charge in [-0.3, -0.25) is 4.79 Å². The fraction of sp³-hybridized carbons (Fsp3) is 0.375. The fourth-order valence-electron chi connectivity index (χ4n) is 3.56. The number of nitrogens with zero attached hydrogens (tertiary/aromatic N) is 1. The summed E-state index contributed by atoms with van der Waals surface area (Å²) in [6, 6.07) is 18.5. The van der Waals surface area contributed by atoms with Gasteiger partial charge in [-0.15, -0.1) is 0 Å². The van der Waals surface area contributed by atoms with Gasteiger partial charge in [-0.2, -0.15) is 5.26 Å². The molecule has 30 heavy (non-hydrogen) atoms. The van der Waals surface area contributed by atoms with Crippen LogP contribution in [0.3, 0.4) is 0 Å². The van der Waals surface area contributed by atoms with Gasteiger partial charge < -0.3 is 14.8 Å². The number of esters is 1. The second kappa shape index (κ2) is 9.93. The van der Waals surface area contributed by atoms with Crippen molar-refractivity contribution in [2.24, 2.45) is 0 Å². The van der Waals surface area contributed by atoms with Crippen LogP contribution in [0.4, 0.5) is 0 Å². The van der Waals surface area contributed by atoms with Crippen LogP contribution in [0.2, 0.25) is 0 Å². The third-order valence-electron chi connectivity index (χ3n) is 5.31. The Morgan fingerprint density at radius 2 is 1.73 bits per heavy atom. The van der Waals surface area contributed by atoms with Crippen molar-refractivity contribution in [3.05, 3.63) is 65.7 Å². The highest BCUT2D eigenvalue weighted by atomic mass is 16.5. The van der Waals surface area contributed by atoms with E-state index in [1.807, 2.05) is 36.4 Å². The molecule has 0 aromatic heterocycles. The Labute approximate surface area is 176 Å². The van der Waals surface area contributed by atoms with E-state index in [1.54, 1.807) is 18.2 Å². The van der Waals surface area contributed by atoms with Crippen LogP contribution in [-0.2, 0) is 16.1 Å². The highest BCUT2D eigenvalue weighted by molar-refractivity contribution is 5.93. The van der Waals surface area contributed by atoms with E-state index < -0.39 is 23.5 Å². The van der Waals surface area contributed by atoms with E-state index in [1.165, 1.54) is 6.92 Å². The standard InChI is InChI=1S/C24H26N2O4/c1-18(22(27)26-24(17-25)14-8-3-9-15-24)30-23(28)21-13-7-6-10-19(21)16-29-20-11-4-2-5-12-20/h2,4-7,10-13,18H,3,8-9,14-16H2,1H3,(H,26,27). The highest BCUT2D eigenvalue weighted by Crippen LogP contribution is 2.27. The van der Waals surface area contributed by atoms with Gasteiger partial charge in [0.25, 0.3) is 5.91 Å². The predicted octanol–water partition coefficient (Wildman–Crippen LogP) is 4.15. The molecule has 0 saturated heterocycles. The zero-order valence-corrected chi connectivity index (χ0v) is 17.1. The molecule has 6 heteroatoms. The van der Waals surface area contributed by atoms with Crippen molar-refractivity contribution in [3.63, 3.8) is 0 Å². The third-order valence-corrected chi connectivity index (χ3v) is 5.31. The van der Waals surface area contributed by atoms with E-state index >= 15 is 0 Å². The van der Waals surface area contributed by atoms with Crippen LogP contribution in [0.1, 0.15) is 54.9 Å². The number of nitrogens with one attached hydrogen (secondary N) is 1. The molecule has 0 heterocycles. The molecule has 0 radical (unpaired) electrons. The summed E-state index contributed by atoms with van der Waals surface area (Å²) in [5.41, 5.74) is 0.151. The van der Waals surface area contributed by atoms with E-state index in [4.69, 9.17) is 9.47 Å². The van der Waals surface area contributed by atoms with Gasteiger partial charge in [-0.05, 0) is 38.0 Å². The van der Waals surface area contributed by atoms with Crippen molar-refractivity contribution in [2.75, 3.05) is 0 Å². The molecule has 0 aliphatic heterocycles. The normalized spacial score (nSPS) is 16.0. The first-order valence-electron chi connectivity index (χ1n) is 10.2. The lowest BCUT2D eigenvalue weighted by atomic mass is 9.83. The molecule has 1 saturated carbocycles. The Kier molecular flexibility index (Phi) is 7.08. The zero-order chi connectivity index (χ0) is 21.4. The van der Waals surface area contributed by atoms with Gasteiger partial charge in [-0.1, -0.05) is 55.7 Å². The number of hydrogen-bond acceptors (Lipinski definition) is 5. The molecular formula is C24H26N2O4. The van der Waals surface area contributed by atoms with Gasteiger partial charge in [0.1, 0.15) is 17.9 Å². The Morgan fingerprint density at radius 3 is 2.43 bits per heavy atom. The minimum Gasteiger partial charge on any atom is -0.489 e. The fourth-order valence-corrected chi connectivity index (χ4v) is 3.56. The molecule has 1 aliphatic rings. The molecule has 6 nitrogen and oxygen atoms in total. The topological polar surface area (TPSA) is 88.4 Å². The molecule has 1 amide bonds. The summed E-state index contributed by atoms with van der Waals surface area (Å²) in [6.07, 6.45) is 3.09. The largest absolute Gasteiger partial charge is 0.489 e. The van der Waals surface area contributed by atoms with Crippen molar-refractivity contribution in [1.82, 2.24) is 5.32 Å². The lowest BCUT2D eigenvalue weighted by molar-refractivity contribution is -0.130. The second-order valence-corrected chi connectivity index (χ2v) is 7.55. The molecule has 1 unspecified atom stereocenters. The number of nitriles is 1. The number of carbonyl (C=O) groups is 2. The molecule has 1 atom stereocenters. The molecule has 0 bridgehead atoms. The van der Waals surface area contributed by atoms with Crippen LogP contribution in [0, 0.1) is 11.3 Å². The molecule has 2 aromatic carbocycles. The first-order chi connectivity index (χ1) is 14.5. The Bertz CT molecular complexity index is 914. The van der Waals surface area contributed by atoms with Crippen molar-refractivity contribution in [2.45, 2.75) is 57.3 Å². The smallest absolute Gasteiger partial charge is 0.339 e. The molecule has 1 aliphatic carbocycles. The quantitative estimate of drug-likeness (QED) is 0.698.